The van der Waals surface area contributed by atoms with Crippen LogP contribution in [-0.4, -0.2) is 26.0 Å². The number of carbonyl (C=O) groups excluding carboxylic acids is 2. The first-order chi connectivity index (χ1) is 18.0. The summed E-state index contributed by atoms with van der Waals surface area (Å²) in [6, 6.07) is 26.1. The van der Waals surface area contributed by atoms with E-state index in [-0.39, 0.29) is 22.9 Å². The molecule has 0 bridgehead atoms. The summed E-state index contributed by atoms with van der Waals surface area (Å²) >= 11 is 0. The van der Waals surface area contributed by atoms with Gasteiger partial charge in [-0.05, 0) is 53.5 Å². The Bertz CT molecular complexity index is 1500. The molecule has 6 heteroatoms. The molecule has 0 N–H and O–H groups in total. The van der Waals surface area contributed by atoms with Crippen molar-refractivity contribution in [2.45, 2.75) is 6.92 Å². The van der Waals surface area contributed by atoms with E-state index >= 15 is 0 Å². The number of rotatable bonds is 6. The van der Waals surface area contributed by atoms with Gasteiger partial charge < -0.3 is 18.9 Å². The zero-order chi connectivity index (χ0) is 25.9. The lowest BCUT2D eigenvalue weighted by Crippen LogP contribution is -2.12. The van der Waals surface area contributed by atoms with Crippen molar-refractivity contribution >= 4 is 17.8 Å². The molecule has 0 aliphatic carbocycles. The predicted molar refractivity (Wildman–Crippen MR) is 140 cm³/mol. The van der Waals surface area contributed by atoms with Gasteiger partial charge in [-0.15, -0.1) is 0 Å². The van der Waals surface area contributed by atoms with Crippen LogP contribution in [-0.2, 0) is 0 Å². The second-order valence-corrected chi connectivity index (χ2v) is 8.47. The first-order valence-corrected chi connectivity index (χ1v) is 11.7. The minimum Gasteiger partial charge on any atom is -0.496 e. The number of methoxy groups -OCH3 is 2. The first kappa shape index (κ1) is 23.9. The molecule has 0 saturated heterocycles. The molecule has 37 heavy (non-hydrogen) atoms. The number of hydrogen-bond acceptors (Lipinski definition) is 6. The average Bonchev–Trinajstić information content (AvgIpc) is 3.23. The Morgan fingerprint density at radius 1 is 0.811 bits per heavy atom. The topological polar surface area (TPSA) is 71.1 Å². The molecule has 0 saturated carbocycles. The molecule has 4 aromatic rings. The van der Waals surface area contributed by atoms with Gasteiger partial charge in [-0.25, -0.2) is 4.79 Å². The minimum atomic E-state index is -0.646. The molecule has 1 heterocycles. The van der Waals surface area contributed by atoms with Gasteiger partial charge in [-0.2, -0.15) is 0 Å². The summed E-state index contributed by atoms with van der Waals surface area (Å²) in [5.41, 5.74) is 4.29. The lowest BCUT2D eigenvalue weighted by Gasteiger charge is -2.13. The molecule has 4 aromatic carbocycles. The third-order valence-corrected chi connectivity index (χ3v) is 6.10. The van der Waals surface area contributed by atoms with E-state index in [4.69, 9.17) is 18.9 Å². The van der Waals surface area contributed by atoms with Crippen molar-refractivity contribution in [1.82, 2.24) is 0 Å². The number of fused-ring (bicyclic) bond motifs is 1. The van der Waals surface area contributed by atoms with Gasteiger partial charge in [0.1, 0.15) is 28.6 Å². The highest BCUT2D eigenvalue weighted by molar-refractivity contribution is 6.15. The molecule has 0 fully saturated rings. The van der Waals surface area contributed by atoms with E-state index in [1.807, 2.05) is 54.6 Å². The van der Waals surface area contributed by atoms with Crippen molar-refractivity contribution in [3.8, 4) is 34.1 Å². The number of hydrogen-bond donors (Lipinski definition) is 0. The van der Waals surface area contributed by atoms with Crippen LogP contribution in [0, 0.1) is 6.92 Å². The van der Waals surface area contributed by atoms with Crippen LogP contribution in [0.5, 0.6) is 23.0 Å². The summed E-state index contributed by atoms with van der Waals surface area (Å²) < 4.78 is 22.1. The summed E-state index contributed by atoms with van der Waals surface area (Å²) in [6.45, 7) is 1.78. The highest BCUT2D eigenvalue weighted by atomic mass is 16.5. The van der Waals surface area contributed by atoms with Gasteiger partial charge >= 0.3 is 5.97 Å². The first-order valence-electron chi connectivity index (χ1n) is 11.7. The van der Waals surface area contributed by atoms with Gasteiger partial charge in [0.05, 0.1) is 19.8 Å². The van der Waals surface area contributed by atoms with Crippen LogP contribution in [0.1, 0.15) is 31.8 Å². The second-order valence-electron chi connectivity index (χ2n) is 8.47. The van der Waals surface area contributed by atoms with Crippen LogP contribution >= 0.6 is 0 Å². The highest BCUT2D eigenvalue weighted by Crippen LogP contribution is 2.38. The van der Waals surface area contributed by atoms with Crippen LogP contribution < -0.4 is 18.9 Å². The molecule has 0 unspecified atom stereocenters. The van der Waals surface area contributed by atoms with E-state index < -0.39 is 5.97 Å². The van der Waals surface area contributed by atoms with E-state index in [0.29, 0.717) is 28.4 Å². The molecule has 0 amide bonds. The Hall–Kier alpha value is -4.84. The van der Waals surface area contributed by atoms with Crippen LogP contribution in [0.2, 0.25) is 0 Å². The largest absolute Gasteiger partial charge is 0.496 e. The Balaban J connectivity index is 1.39. The number of ether oxygens (including phenoxy) is 4. The molecule has 1 aliphatic heterocycles. The summed E-state index contributed by atoms with van der Waals surface area (Å²) in [5.74, 6) is 0.591. The van der Waals surface area contributed by atoms with Gasteiger partial charge in [-0.1, -0.05) is 60.7 Å². The van der Waals surface area contributed by atoms with Gasteiger partial charge in [0, 0.05) is 6.07 Å². The van der Waals surface area contributed by atoms with Crippen molar-refractivity contribution in [2.24, 2.45) is 0 Å². The standard InChI is InChI=1S/C31H24O6/c1-19-16-23(36-31(33)29-24(34-2)10-7-11-25(29)35-3)18-26-28(19)30(32)27(37-26)17-20-12-14-22(15-13-20)21-8-5-4-6-9-21/h4-18H,1-3H3/b27-17-. The lowest BCUT2D eigenvalue weighted by atomic mass is 10.0. The molecule has 6 nitrogen and oxygen atoms in total. The summed E-state index contributed by atoms with van der Waals surface area (Å²) in [4.78, 5) is 26.1. The molecule has 1 aliphatic rings. The normalized spacial score (nSPS) is 13.2. The van der Waals surface area contributed by atoms with Gasteiger partial charge in [-0.3, -0.25) is 4.79 Å². The van der Waals surface area contributed by atoms with Gasteiger partial charge in [0.25, 0.3) is 0 Å². The maximum Gasteiger partial charge on any atom is 0.351 e. The number of benzene rings is 4. The molecule has 0 spiro atoms. The van der Waals surface area contributed by atoms with E-state index in [1.54, 1.807) is 43.3 Å². The Morgan fingerprint density at radius 3 is 2.11 bits per heavy atom. The lowest BCUT2D eigenvalue weighted by molar-refractivity contribution is 0.0727. The Kier molecular flexibility index (Phi) is 6.47. The number of Topliss-reactive ketones (excluding diaryl/α,β-unsaturated/α-hetero) is 1. The zero-order valence-electron chi connectivity index (χ0n) is 20.6. The SMILES string of the molecule is COc1cccc(OC)c1C(=O)Oc1cc(C)c2c(c1)O/C(=C\c1ccc(-c3ccccc3)cc1)C2=O. The number of allylic oxidation sites excluding steroid dienone is 1. The smallest absolute Gasteiger partial charge is 0.351 e. The van der Waals surface area contributed by atoms with Crippen LogP contribution in [0.25, 0.3) is 17.2 Å². The maximum absolute atomic E-state index is 13.1. The highest BCUT2D eigenvalue weighted by Gasteiger charge is 2.31. The van der Waals surface area contributed by atoms with E-state index in [9.17, 15) is 9.59 Å². The van der Waals surface area contributed by atoms with Crippen molar-refractivity contribution in [2.75, 3.05) is 14.2 Å². The number of carbonyl (C=O) groups is 2. The molecule has 184 valence electrons. The summed E-state index contributed by atoms with van der Waals surface area (Å²) in [5, 5.41) is 0. The van der Waals surface area contributed by atoms with Crippen LogP contribution in [0.3, 0.4) is 0 Å². The quantitative estimate of drug-likeness (QED) is 0.173. The van der Waals surface area contributed by atoms with E-state index in [0.717, 1.165) is 16.7 Å². The van der Waals surface area contributed by atoms with Crippen molar-refractivity contribution < 1.29 is 28.5 Å². The third kappa shape index (κ3) is 4.69. The number of esters is 1. The third-order valence-electron chi connectivity index (χ3n) is 6.10. The molecule has 0 aromatic heterocycles. The second kappa shape index (κ2) is 10.0. The van der Waals surface area contributed by atoms with Crippen LogP contribution in [0.15, 0.2) is 90.7 Å². The average molecular weight is 493 g/mol. The van der Waals surface area contributed by atoms with Gasteiger partial charge in [0.2, 0.25) is 5.78 Å². The predicted octanol–water partition coefficient (Wildman–Crippen LogP) is 6.51. The van der Waals surface area contributed by atoms with Crippen LogP contribution in [0.4, 0.5) is 0 Å². The van der Waals surface area contributed by atoms with Gasteiger partial charge in [0.15, 0.2) is 5.76 Å². The van der Waals surface area contributed by atoms with Crippen molar-refractivity contribution in [3.63, 3.8) is 0 Å². The molecular formula is C31H24O6. The Labute approximate surface area is 214 Å². The maximum atomic E-state index is 13.1. The van der Waals surface area contributed by atoms with Crippen molar-refractivity contribution in [1.29, 1.82) is 0 Å². The molecule has 0 radical (unpaired) electrons. The number of ketones is 1. The monoisotopic (exact) mass is 492 g/mol. The molecule has 0 atom stereocenters. The van der Waals surface area contributed by atoms with E-state index in [2.05, 4.69) is 0 Å². The zero-order valence-corrected chi connectivity index (χ0v) is 20.6. The fraction of sp³-hybridized carbons (Fsp3) is 0.0968. The molecular weight excluding hydrogens is 468 g/mol. The number of aryl methyl sites for hydroxylation is 1. The summed E-state index contributed by atoms with van der Waals surface area (Å²) in [7, 11) is 2.93. The Morgan fingerprint density at radius 2 is 1.46 bits per heavy atom. The fourth-order valence-corrected chi connectivity index (χ4v) is 4.30. The fourth-order valence-electron chi connectivity index (χ4n) is 4.30. The summed E-state index contributed by atoms with van der Waals surface area (Å²) in [6.07, 6.45) is 1.71. The minimum absolute atomic E-state index is 0.169. The molecule has 5 rings (SSSR count). The van der Waals surface area contributed by atoms with E-state index in [1.165, 1.54) is 14.2 Å². The van der Waals surface area contributed by atoms with Crippen molar-refractivity contribution in [3.05, 3.63) is 113 Å².